The molecule has 0 bridgehead atoms. The van der Waals surface area contributed by atoms with Gasteiger partial charge in [-0.05, 0) is 31.0 Å². The van der Waals surface area contributed by atoms with E-state index in [1.807, 2.05) is 55.5 Å². The zero-order valence-electron chi connectivity index (χ0n) is 12.3. The van der Waals surface area contributed by atoms with Gasteiger partial charge in [-0.2, -0.15) is 9.78 Å². The van der Waals surface area contributed by atoms with Gasteiger partial charge in [0.1, 0.15) is 0 Å². The molecule has 0 spiro atoms. The molecule has 0 amide bonds. The number of aryl methyl sites for hydroxylation is 2. The largest absolute Gasteiger partial charge is 0.279 e. The van der Waals surface area contributed by atoms with E-state index < -0.39 is 0 Å². The highest BCUT2D eigenvalue weighted by molar-refractivity contribution is 5.83. The van der Waals surface area contributed by atoms with E-state index in [9.17, 15) is 4.79 Å². The molecule has 3 rings (SSSR count). The molecule has 0 aliphatic heterocycles. The van der Waals surface area contributed by atoms with Gasteiger partial charge < -0.3 is 0 Å². The lowest BCUT2D eigenvalue weighted by Crippen LogP contribution is -2.23. The summed E-state index contributed by atoms with van der Waals surface area (Å²) < 4.78 is 1.54. The molecule has 21 heavy (non-hydrogen) atoms. The third kappa shape index (κ3) is 2.35. The van der Waals surface area contributed by atoms with Gasteiger partial charge in [0, 0.05) is 5.39 Å². The molecule has 0 aliphatic carbocycles. The third-order valence-corrected chi connectivity index (χ3v) is 3.71. The summed E-state index contributed by atoms with van der Waals surface area (Å²) in [5.74, 6) is 0. The van der Waals surface area contributed by atoms with E-state index in [2.05, 4.69) is 12.0 Å². The highest BCUT2D eigenvalue weighted by atomic mass is 16.1. The van der Waals surface area contributed by atoms with Crippen LogP contribution in [0.3, 0.4) is 0 Å². The van der Waals surface area contributed by atoms with Gasteiger partial charge in [0.25, 0.3) is 5.56 Å². The number of hydrogen-bond donors (Lipinski definition) is 0. The predicted molar refractivity (Wildman–Crippen MR) is 86.1 cm³/mol. The maximum Gasteiger partial charge on any atom is 0.279 e. The van der Waals surface area contributed by atoms with Gasteiger partial charge in [-0.15, -0.1) is 0 Å². The van der Waals surface area contributed by atoms with Crippen LogP contribution >= 0.6 is 0 Å². The van der Waals surface area contributed by atoms with Gasteiger partial charge in [-0.3, -0.25) is 4.79 Å². The first-order valence-corrected chi connectivity index (χ1v) is 7.29. The van der Waals surface area contributed by atoms with Crippen LogP contribution in [0.5, 0.6) is 0 Å². The van der Waals surface area contributed by atoms with Crippen LogP contribution < -0.4 is 5.56 Å². The van der Waals surface area contributed by atoms with Crippen molar-refractivity contribution in [2.24, 2.45) is 0 Å². The smallest absolute Gasteiger partial charge is 0.267 e. The Morgan fingerprint density at radius 1 is 1.00 bits per heavy atom. The van der Waals surface area contributed by atoms with Gasteiger partial charge in [-0.1, -0.05) is 49.7 Å². The number of para-hydroxylation sites is 1. The van der Waals surface area contributed by atoms with Crippen LogP contribution in [-0.2, 0) is 6.42 Å². The minimum Gasteiger partial charge on any atom is -0.267 e. The molecule has 1 heterocycles. The van der Waals surface area contributed by atoms with Crippen molar-refractivity contribution in [1.29, 1.82) is 0 Å². The van der Waals surface area contributed by atoms with Gasteiger partial charge >= 0.3 is 0 Å². The van der Waals surface area contributed by atoms with Crippen molar-refractivity contribution in [2.75, 3.05) is 0 Å². The molecule has 3 nitrogen and oxygen atoms in total. The van der Waals surface area contributed by atoms with E-state index in [0.717, 1.165) is 40.6 Å². The Kier molecular flexibility index (Phi) is 3.57. The van der Waals surface area contributed by atoms with Crippen molar-refractivity contribution >= 4 is 10.8 Å². The van der Waals surface area contributed by atoms with Crippen LogP contribution in [0.15, 0.2) is 53.3 Å². The highest BCUT2D eigenvalue weighted by Crippen LogP contribution is 2.17. The molecule has 106 valence electrons. The van der Waals surface area contributed by atoms with Crippen LogP contribution in [0.1, 0.15) is 24.6 Å². The Hall–Kier alpha value is -2.42. The number of nitrogens with zero attached hydrogens (tertiary/aromatic N) is 2. The van der Waals surface area contributed by atoms with Crippen LogP contribution in [0.25, 0.3) is 16.5 Å². The van der Waals surface area contributed by atoms with Crippen molar-refractivity contribution in [3.8, 4) is 5.69 Å². The van der Waals surface area contributed by atoms with E-state index in [1.54, 1.807) is 4.68 Å². The highest BCUT2D eigenvalue weighted by Gasteiger charge is 2.11. The summed E-state index contributed by atoms with van der Waals surface area (Å²) in [7, 11) is 0. The topological polar surface area (TPSA) is 34.9 Å². The Morgan fingerprint density at radius 3 is 2.38 bits per heavy atom. The van der Waals surface area contributed by atoms with E-state index in [4.69, 9.17) is 0 Å². The SMILES string of the molecule is CCCc1nn(-c2ccccc2C)c(=O)c2ccccc12. The number of aromatic nitrogens is 2. The van der Waals surface area contributed by atoms with Gasteiger partial charge in [-0.25, -0.2) is 0 Å². The van der Waals surface area contributed by atoms with Crippen molar-refractivity contribution in [3.05, 3.63) is 70.1 Å². The molecule has 0 radical (unpaired) electrons. The molecule has 3 heteroatoms. The molecule has 0 atom stereocenters. The molecule has 2 aromatic carbocycles. The average Bonchev–Trinajstić information content (AvgIpc) is 2.51. The van der Waals surface area contributed by atoms with Crippen molar-refractivity contribution < 1.29 is 0 Å². The first kappa shape index (κ1) is 13.6. The fourth-order valence-corrected chi connectivity index (χ4v) is 2.64. The zero-order chi connectivity index (χ0) is 14.8. The molecular weight excluding hydrogens is 260 g/mol. The summed E-state index contributed by atoms with van der Waals surface area (Å²) >= 11 is 0. The maximum absolute atomic E-state index is 12.7. The fraction of sp³-hybridized carbons (Fsp3) is 0.222. The van der Waals surface area contributed by atoms with Crippen LogP contribution in [0.4, 0.5) is 0 Å². The summed E-state index contributed by atoms with van der Waals surface area (Å²) in [5.41, 5.74) is 2.83. The van der Waals surface area contributed by atoms with E-state index in [-0.39, 0.29) is 5.56 Å². The molecule has 0 unspecified atom stereocenters. The molecule has 1 aromatic heterocycles. The van der Waals surface area contributed by atoms with Crippen molar-refractivity contribution in [2.45, 2.75) is 26.7 Å². The fourth-order valence-electron chi connectivity index (χ4n) is 2.64. The lowest BCUT2D eigenvalue weighted by molar-refractivity contribution is 0.755. The van der Waals surface area contributed by atoms with E-state index in [0.29, 0.717) is 0 Å². The molecule has 0 saturated heterocycles. The Bertz CT molecular complexity index is 849. The average molecular weight is 278 g/mol. The molecule has 3 aromatic rings. The summed E-state index contributed by atoms with van der Waals surface area (Å²) in [6.45, 7) is 4.12. The Morgan fingerprint density at radius 2 is 1.67 bits per heavy atom. The number of fused-ring (bicyclic) bond motifs is 1. The standard InChI is InChI=1S/C18H18N2O/c1-3-8-16-14-10-5-6-11-15(14)18(21)20(19-16)17-12-7-4-9-13(17)2/h4-7,9-12H,3,8H2,1-2H3. The van der Waals surface area contributed by atoms with Gasteiger partial charge in [0.15, 0.2) is 0 Å². The van der Waals surface area contributed by atoms with Crippen molar-refractivity contribution in [1.82, 2.24) is 9.78 Å². The third-order valence-electron chi connectivity index (χ3n) is 3.71. The Labute approximate surface area is 123 Å². The lowest BCUT2D eigenvalue weighted by Gasteiger charge is -2.12. The number of hydrogen-bond acceptors (Lipinski definition) is 2. The lowest BCUT2D eigenvalue weighted by atomic mass is 10.1. The van der Waals surface area contributed by atoms with Crippen LogP contribution in [0, 0.1) is 6.92 Å². The first-order chi connectivity index (χ1) is 10.2. The van der Waals surface area contributed by atoms with Crippen LogP contribution in [0.2, 0.25) is 0 Å². The second kappa shape index (κ2) is 5.52. The monoisotopic (exact) mass is 278 g/mol. The second-order valence-corrected chi connectivity index (χ2v) is 5.25. The minimum atomic E-state index is -0.0558. The number of benzene rings is 2. The van der Waals surface area contributed by atoms with Crippen molar-refractivity contribution in [3.63, 3.8) is 0 Å². The summed E-state index contributed by atoms with van der Waals surface area (Å²) in [5, 5.41) is 6.33. The maximum atomic E-state index is 12.7. The summed E-state index contributed by atoms with van der Waals surface area (Å²) in [6.07, 6.45) is 1.87. The molecular formula is C18H18N2O. The molecule has 0 fully saturated rings. The first-order valence-electron chi connectivity index (χ1n) is 7.29. The van der Waals surface area contributed by atoms with E-state index in [1.165, 1.54) is 0 Å². The molecule has 0 aliphatic rings. The quantitative estimate of drug-likeness (QED) is 0.733. The summed E-state index contributed by atoms with van der Waals surface area (Å²) in [6, 6.07) is 15.6. The predicted octanol–water partition coefficient (Wildman–Crippen LogP) is 3.65. The second-order valence-electron chi connectivity index (χ2n) is 5.25. The Balaban J connectivity index is 2.37. The zero-order valence-corrected chi connectivity index (χ0v) is 12.3. The normalized spacial score (nSPS) is 11.0. The summed E-state index contributed by atoms with van der Waals surface area (Å²) in [4.78, 5) is 12.7. The van der Waals surface area contributed by atoms with Crippen LogP contribution in [-0.4, -0.2) is 9.78 Å². The molecule has 0 saturated carbocycles. The van der Waals surface area contributed by atoms with Gasteiger partial charge in [0.05, 0.1) is 16.8 Å². The molecule has 0 N–H and O–H groups in total. The minimum absolute atomic E-state index is 0.0558. The van der Waals surface area contributed by atoms with E-state index >= 15 is 0 Å². The van der Waals surface area contributed by atoms with Gasteiger partial charge in [0.2, 0.25) is 0 Å². The number of rotatable bonds is 3.